The average Bonchev–Trinajstić information content (AvgIpc) is 3.52. The van der Waals surface area contributed by atoms with Gasteiger partial charge in [-0.3, -0.25) is 4.79 Å². The van der Waals surface area contributed by atoms with E-state index in [4.69, 9.17) is 14.2 Å². The van der Waals surface area contributed by atoms with Crippen LogP contribution in [0.4, 0.5) is 9.18 Å². The fraction of sp³-hybridized carbons (Fsp3) is 0.300. The zero-order chi connectivity index (χ0) is 36.9. The van der Waals surface area contributed by atoms with Crippen molar-refractivity contribution in [2.45, 2.75) is 77.5 Å². The zero-order valence-electron chi connectivity index (χ0n) is 29.7. The predicted octanol–water partition coefficient (Wildman–Crippen LogP) is 8.65. The standard InChI is InChI=1S/C40H43FN2O7S/c1-7-30(38(44)48-8-2)32-13-9-10-15-36(32)49-25-27-22-34(33-14-11-12-28(37(33)41)24-42-39(45)50-40(4,5)6)31-20-21-43(35(31)23-27)51(46,47)29-18-16-26(3)17-19-29/h9-23,30H,7-8,24-25H2,1-6H3,(H,42,45). The van der Waals surface area contributed by atoms with Crippen LogP contribution in [0.25, 0.3) is 22.0 Å². The Morgan fingerprint density at radius 3 is 2.33 bits per heavy atom. The number of esters is 1. The van der Waals surface area contributed by atoms with Crippen LogP contribution in [0, 0.1) is 12.7 Å². The zero-order valence-corrected chi connectivity index (χ0v) is 30.5. The quantitative estimate of drug-likeness (QED) is 0.129. The number of hydrogen-bond donors (Lipinski definition) is 1. The van der Waals surface area contributed by atoms with Gasteiger partial charge in [0.05, 0.1) is 22.9 Å². The number of carbonyl (C=O) groups is 2. The molecule has 1 heterocycles. The number of aryl methyl sites for hydroxylation is 1. The Morgan fingerprint density at radius 2 is 1.65 bits per heavy atom. The third-order valence-corrected chi connectivity index (χ3v) is 9.97. The van der Waals surface area contributed by atoms with E-state index >= 15 is 4.39 Å². The number of amides is 1. The summed E-state index contributed by atoms with van der Waals surface area (Å²) < 4.78 is 62.4. The third-order valence-electron chi connectivity index (χ3n) is 8.27. The summed E-state index contributed by atoms with van der Waals surface area (Å²) in [5.74, 6) is -0.992. The minimum Gasteiger partial charge on any atom is -0.489 e. The lowest BCUT2D eigenvalue weighted by molar-refractivity contribution is -0.145. The molecule has 0 radical (unpaired) electrons. The Kier molecular flexibility index (Phi) is 11.2. The van der Waals surface area contributed by atoms with Gasteiger partial charge in [-0.05, 0) is 88.6 Å². The molecule has 0 spiro atoms. The number of nitrogens with zero attached hydrogens (tertiary/aromatic N) is 1. The molecule has 0 saturated carbocycles. The number of rotatable bonds is 12. The van der Waals surface area contributed by atoms with Crippen molar-refractivity contribution < 1.29 is 36.6 Å². The van der Waals surface area contributed by atoms with Crippen molar-refractivity contribution in [3.05, 3.63) is 119 Å². The van der Waals surface area contributed by atoms with Gasteiger partial charge >= 0.3 is 12.1 Å². The highest BCUT2D eigenvalue weighted by atomic mass is 32.2. The monoisotopic (exact) mass is 714 g/mol. The van der Waals surface area contributed by atoms with E-state index in [1.165, 1.54) is 10.2 Å². The van der Waals surface area contributed by atoms with Crippen molar-refractivity contribution in [1.82, 2.24) is 9.29 Å². The second kappa shape index (κ2) is 15.4. The summed E-state index contributed by atoms with van der Waals surface area (Å²) in [5, 5.41) is 3.10. The fourth-order valence-electron chi connectivity index (χ4n) is 5.84. The molecule has 0 saturated heterocycles. The molecule has 1 N–H and O–H groups in total. The van der Waals surface area contributed by atoms with E-state index in [1.807, 2.05) is 26.0 Å². The lowest BCUT2D eigenvalue weighted by atomic mass is 9.95. The molecule has 4 aromatic carbocycles. The molecule has 1 unspecified atom stereocenters. The van der Waals surface area contributed by atoms with Crippen LogP contribution < -0.4 is 10.1 Å². The fourth-order valence-corrected chi connectivity index (χ4v) is 7.18. The smallest absolute Gasteiger partial charge is 0.407 e. The summed E-state index contributed by atoms with van der Waals surface area (Å²) in [6.07, 6.45) is 1.28. The van der Waals surface area contributed by atoms with Gasteiger partial charge in [0.25, 0.3) is 10.0 Å². The Labute approximate surface area is 298 Å². The molecule has 0 aliphatic rings. The maximum atomic E-state index is 16.3. The molecule has 5 aromatic rings. The van der Waals surface area contributed by atoms with Crippen LogP contribution >= 0.6 is 0 Å². The van der Waals surface area contributed by atoms with Gasteiger partial charge in [0, 0.05) is 34.8 Å². The summed E-state index contributed by atoms with van der Waals surface area (Å²) in [6, 6.07) is 23.7. The normalized spacial score (nSPS) is 12.4. The van der Waals surface area contributed by atoms with Gasteiger partial charge < -0.3 is 19.5 Å². The summed E-state index contributed by atoms with van der Waals surface area (Å²) in [5.41, 5.74) is 2.62. The predicted molar refractivity (Wildman–Crippen MR) is 195 cm³/mol. The van der Waals surface area contributed by atoms with Crippen LogP contribution in [0.15, 0.2) is 96.0 Å². The molecule has 51 heavy (non-hydrogen) atoms. The second-order valence-corrected chi connectivity index (χ2v) is 15.0. The first kappa shape index (κ1) is 37.1. The summed E-state index contributed by atoms with van der Waals surface area (Å²) in [4.78, 5) is 25.2. The molecule has 0 bridgehead atoms. The number of alkyl carbamates (subject to hydrolysis) is 1. The number of para-hydroxylation sites is 1. The lowest BCUT2D eigenvalue weighted by Gasteiger charge is -2.20. The number of nitrogens with one attached hydrogen (secondary N) is 1. The SMILES string of the molecule is CCOC(=O)C(CC)c1ccccc1OCc1cc(-c2cccc(CNC(=O)OC(C)(C)C)c2F)c2ccn(S(=O)(=O)c3ccc(C)cc3)c2c1. The summed E-state index contributed by atoms with van der Waals surface area (Å²) in [7, 11) is -4.04. The van der Waals surface area contributed by atoms with E-state index in [-0.39, 0.29) is 41.8 Å². The minimum absolute atomic E-state index is 0.0174. The highest BCUT2D eigenvalue weighted by Crippen LogP contribution is 2.36. The molecule has 1 amide bonds. The van der Waals surface area contributed by atoms with Crippen molar-refractivity contribution in [3.63, 3.8) is 0 Å². The van der Waals surface area contributed by atoms with Crippen LogP contribution in [-0.4, -0.2) is 36.7 Å². The molecule has 268 valence electrons. The van der Waals surface area contributed by atoms with E-state index in [0.717, 1.165) is 5.56 Å². The first-order valence-electron chi connectivity index (χ1n) is 16.8. The number of benzene rings is 4. The van der Waals surface area contributed by atoms with Crippen LogP contribution in [0.3, 0.4) is 0 Å². The van der Waals surface area contributed by atoms with Crippen LogP contribution in [0.1, 0.15) is 69.2 Å². The van der Waals surface area contributed by atoms with Crippen molar-refractivity contribution >= 4 is 33.0 Å². The van der Waals surface area contributed by atoms with Crippen molar-refractivity contribution in [2.75, 3.05) is 6.61 Å². The number of ether oxygens (including phenoxy) is 3. The van der Waals surface area contributed by atoms with Crippen LogP contribution in [0.2, 0.25) is 0 Å². The second-order valence-electron chi connectivity index (χ2n) is 13.2. The molecule has 0 aliphatic carbocycles. The topological polar surface area (TPSA) is 113 Å². The number of carbonyl (C=O) groups excluding carboxylic acids is 2. The Morgan fingerprint density at radius 1 is 0.922 bits per heavy atom. The first-order valence-corrected chi connectivity index (χ1v) is 18.3. The molecular weight excluding hydrogens is 672 g/mol. The number of aromatic nitrogens is 1. The van der Waals surface area contributed by atoms with Crippen LogP contribution in [0.5, 0.6) is 5.75 Å². The summed E-state index contributed by atoms with van der Waals surface area (Å²) >= 11 is 0. The highest BCUT2D eigenvalue weighted by molar-refractivity contribution is 7.90. The van der Waals surface area contributed by atoms with Gasteiger partial charge in [-0.15, -0.1) is 0 Å². The van der Waals surface area contributed by atoms with Gasteiger partial charge in [0.2, 0.25) is 0 Å². The number of hydrogen-bond acceptors (Lipinski definition) is 7. The van der Waals surface area contributed by atoms with Gasteiger partial charge in [-0.25, -0.2) is 21.6 Å². The van der Waals surface area contributed by atoms with E-state index in [0.29, 0.717) is 39.8 Å². The van der Waals surface area contributed by atoms with E-state index in [2.05, 4.69) is 5.32 Å². The van der Waals surface area contributed by atoms with Crippen molar-refractivity contribution in [1.29, 1.82) is 0 Å². The summed E-state index contributed by atoms with van der Waals surface area (Å²) in [6.45, 7) is 10.8. The highest BCUT2D eigenvalue weighted by Gasteiger charge is 2.25. The van der Waals surface area contributed by atoms with Gasteiger partial charge in [-0.1, -0.05) is 61.0 Å². The first-order chi connectivity index (χ1) is 24.2. The molecule has 1 aromatic heterocycles. The van der Waals surface area contributed by atoms with E-state index in [1.54, 1.807) is 100 Å². The Hall–Kier alpha value is -5.16. The third kappa shape index (κ3) is 8.42. The van der Waals surface area contributed by atoms with Crippen molar-refractivity contribution in [2.24, 2.45) is 0 Å². The number of halogens is 1. The van der Waals surface area contributed by atoms with Gasteiger partial charge in [0.15, 0.2) is 0 Å². The van der Waals surface area contributed by atoms with Crippen molar-refractivity contribution in [3.8, 4) is 16.9 Å². The minimum atomic E-state index is -4.04. The molecular formula is C40H43FN2O7S. The molecule has 9 nitrogen and oxygen atoms in total. The Bertz CT molecular complexity index is 2150. The average molecular weight is 715 g/mol. The largest absolute Gasteiger partial charge is 0.489 e. The Balaban J connectivity index is 1.59. The van der Waals surface area contributed by atoms with Crippen LogP contribution in [-0.2, 0) is 37.4 Å². The molecule has 5 rings (SSSR count). The van der Waals surface area contributed by atoms with E-state index < -0.39 is 33.5 Å². The molecule has 0 fully saturated rings. The van der Waals surface area contributed by atoms with Gasteiger partial charge in [0.1, 0.15) is 23.8 Å². The molecule has 1 atom stereocenters. The number of fused-ring (bicyclic) bond motifs is 1. The molecule has 0 aliphatic heterocycles. The van der Waals surface area contributed by atoms with Gasteiger partial charge in [-0.2, -0.15) is 0 Å². The lowest BCUT2D eigenvalue weighted by Crippen LogP contribution is -2.32. The molecule has 11 heteroatoms. The maximum absolute atomic E-state index is 16.3. The maximum Gasteiger partial charge on any atom is 0.407 e. The van der Waals surface area contributed by atoms with E-state index in [9.17, 15) is 18.0 Å².